The van der Waals surface area contributed by atoms with Gasteiger partial charge in [-0.05, 0) is 31.2 Å². The van der Waals surface area contributed by atoms with Crippen LogP contribution >= 0.6 is 0 Å². The molecule has 1 N–H and O–H groups in total. The lowest BCUT2D eigenvalue weighted by Gasteiger charge is -2.34. The number of hydrogen-bond acceptors (Lipinski definition) is 5. The first-order valence-electron chi connectivity index (χ1n) is 7.31. The summed E-state index contributed by atoms with van der Waals surface area (Å²) in [5.41, 5.74) is 1.20. The molecular weight excluding hydrogens is 288 g/mol. The Balaban J connectivity index is 2.05. The molecule has 2 heterocycles. The molecule has 1 saturated heterocycles. The van der Waals surface area contributed by atoms with Gasteiger partial charge < -0.3 is 10.2 Å². The summed E-state index contributed by atoms with van der Waals surface area (Å²) in [5.74, 6) is 0.922. The van der Waals surface area contributed by atoms with Crippen molar-refractivity contribution in [1.82, 2.24) is 14.6 Å². The van der Waals surface area contributed by atoms with Crippen LogP contribution < -0.4 is 10.2 Å². The highest BCUT2D eigenvalue weighted by Crippen LogP contribution is 2.19. The van der Waals surface area contributed by atoms with Crippen molar-refractivity contribution in [2.45, 2.75) is 19.9 Å². The molecule has 0 aromatic carbocycles. The van der Waals surface area contributed by atoms with Crippen LogP contribution in [0.3, 0.4) is 0 Å². The van der Waals surface area contributed by atoms with Gasteiger partial charge in [0.05, 0.1) is 6.26 Å². The summed E-state index contributed by atoms with van der Waals surface area (Å²) in [5, 5.41) is 3.39. The maximum Gasteiger partial charge on any atom is 0.211 e. The number of pyridine rings is 1. The Morgan fingerprint density at radius 2 is 2.00 bits per heavy atom. The molecule has 0 spiro atoms. The third-order valence-electron chi connectivity index (χ3n) is 3.81. The van der Waals surface area contributed by atoms with Crippen molar-refractivity contribution in [3.05, 3.63) is 23.9 Å². The van der Waals surface area contributed by atoms with E-state index in [1.807, 2.05) is 12.3 Å². The van der Waals surface area contributed by atoms with Gasteiger partial charge in [0.25, 0.3) is 0 Å². The topological polar surface area (TPSA) is 65.5 Å². The van der Waals surface area contributed by atoms with E-state index in [0.29, 0.717) is 26.2 Å². The molecule has 1 aliphatic rings. The van der Waals surface area contributed by atoms with Gasteiger partial charge in [0.15, 0.2) is 0 Å². The number of sulfonamides is 1. The van der Waals surface area contributed by atoms with Crippen molar-refractivity contribution in [1.29, 1.82) is 0 Å². The van der Waals surface area contributed by atoms with E-state index in [2.05, 4.69) is 35.1 Å². The second kappa shape index (κ2) is 6.72. The molecule has 0 radical (unpaired) electrons. The molecule has 1 atom stereocenters. The van der Waals surface area contributed by atoms with Crippen molar-refractivity contribution >= 4 is 15.8 Å². The Hall–Kier alpha value is -1.18. The van der Waals surface area contributed by atoms with E-state index in [0.717, 1.165) is 12.4 Å². The Morgan fingerprint density at radius 3 is 2.57 bits per heavy atom. The fourth-order valence-electron chi connectivity index (χ4n) is 2.55. The van der Waals surface area contributed by atoms with Gasteiger partial charge in [-0.1, -0.05) is 6.92 Å². The Bertz CT molecular complexity index is 568. The van der Waals surface area contributed by atoms with Crippen molar-refractivity contribution in [3.8, 4) is 0 Å². The van der Waals surface area contributed by atoms with Crippen LogP contribution in [-0.2, 0) is 10.0 Å². The molecule has 21 heavy (non-hydrogen) atoms. The minimum atomic E-state index is -3.08. The summed E-state index contributed by atoms with van der Waals surface area (Å²) in [6, 6.07) is 4.39. The maximum atomic E-state index is 11.5. The van der Waals surface area contributed by atoms with Gasteiger partial charge in [0.1, 0.15) is 5.82 Å². The van der Waals surface area contributed by atoms with Crippen LogP contribution in [-0.4, -0.2) is 56.7 Å². The molecule has 0 amide bonds. The summed E-state index contributed by atoms with van der Waals surface area (Å²) in [6.07, 6.45) is 3.08. The average molecular weight is 312 g/mol. The highest BCUT2D eigenvalue weighted by Gasteiger charge is 2.24. The summed E-state index contributed by atoms with van der Waals surface area (Å²) < 4.78 is 24.6. The van der Waals surface area contributed by atoms with Gasteiger partial charge in [0, 0.05) is 38.4 Å². The van der Waals surface area contributed by atoms with Crippen LogP contribution in [0.25, 0.3) is 0 Å². The van der Waals surface area contributed by atoms with Crippen LogP contribution in [0.4, 0.5) is 5.82 Å². The molecule has 1 aromatic heterocycles. The van der Waals surface area contributed by atoms with Crippen LogP contribution in [0.1, 0.15) is 25.5 Å². The summed E-state index contributed by atoms with van der Waals surface area (Å²) in [4.78, 5) is 6.57. The number of nitrogens with zero attached hydrogens (tertiary/aromatic N) is 3. The molecule has 0 bridgehead atoms. The highest BCUT2D eigenvalue weighted by molar-refractivity contribution is 7.88. The molecule has 0 saturated carbocycles. The third kappa shape index (κ3) is 4.15. The molecule has 118 valence electrons. The first-order chi connectivity index (χ1) is 9.91. The van der Waals surface area contributed by atoms with Gasteiger partial charge in [0.2, 0.25) is 10.0 Å². The predicted molar refractivity (Wildman–Crippen MR) is 85.0 cm³/mol. The number of nitrogens with one attached hydrogen (secondary N) is 1. The fraction of sp³-hybridized carbons (Fsp3) is 0.643. The van der Waals surface area contributed by atoms with E-state index in [1.165, 1.54) is 16.1 Å². The van der Waals surface area contributed by atoms with Crippen molar-refractivity contribution in [3.63, 3.8) is 0 Å². The van der Waals surface area contributed by atoms with Crippen LogP contribution in [0.5, 0.6) is 0 Å². The van der Waals surface area contributed by atoms with Gasteiger partial charge in [-0.15, -0.1) is 0 Å². The molecule has 1 fully saturated rings. The number of hydrogen-bond donors (Lipinski definition) is 1. The van der Waals surface area contributed by atoms with E-state index in [-0.39, 0.29) is 6.04 Å². The van der Waals surface area contributed by atoms with Crippen LogP contribution in [0.15, 0.2) is 18.3 Å². The maximum absolute atomic E-state index is 11.5. The zero-order valence-corrected chi connectivity index (χ0v) is 13.7. The Morgan fingerprint density at radius 1 is 1.33 bits per heavy atom. The average Bonchev–Trinajstić information content (AvgIpc) is 2.47. The first-order valence-corrected chi connectivity index (χ1v) is 9.16. The molecular formula is C14H24N4O2S. The van der Waals surface area contributed by atoms with Gasteiger partial charge in [-0.3, -0.25) is 0 Å². The number of anilines is 1. The second-order valence-electron chi connectivity index (χ2n) is 5.38. The van der Waals surface area contributed by atoms with Crippen molar-refractivity contribution in [2.75, 3.05) is 43.9 Å². The van der Waals surface area contributed by atoms with Gasteiger partial charge in [-0.25, -0.2) is 13.4 Å². The second-order valence-corrected chi connectivity index (χ2v) is 7.36. The van der Waals surface area contributed by atoms with Gasteiger partial charge in [-0.2, -0.15) is 4.31 Å². The van der Waals surface area contributed by atoms with Crippen LogP contribution in [0.2, 0.25) is 0 Å². The number of rotatable bonds is 5. The fourth-order valence-corrected chi connectivity index (χ4v) is 3.38. The summed E-state index contributed by atoms with van der Waals surface area (Å²) in [7, 11) is -3.08. The van der Waals surface area contributed by atoms with E-state index in [1.54, 1.807) is 0 Å². The largest absolute Gasteiger partial charge is 0.354 e. The minimum absolute atomic E-state index is 0.286. The quantitative estimate of drug-likeness (QED) is 0.872. The third-order valence-corrected chi connectivity index (χ3v) is 5.11. The highest BCUT2D eigenvalue weighted by atomic mass is 32.2. The lowest BCUT2D eigenvalue weighted by atomic mass is 10.1. The number of aromatic nitrogens is 1. The van der Waals surface area contributed by atoms with Gasteiger partial charge >= 0.3 is 0 Å². The monoisotopic (exact) mass is 312 g/mol. The zero-order chi connectivity index (χ0) is 15.5. The summed E-state index contributed by atoms with van der Waals surface area (Å²) >= 11 is 0. The van der Waals surface area contributed by atoms with E-state index in [9.17, 15) is 8.42 Å². The molecule has 1 aromatic rings. The molecule has 0 aliphatic carbocycles. The van der Waals surface area contributed by atoms with Crippen molar-refractivity contribution < 1.29 is 8.42 Å². The SMILES string of the molecule is CCNC(C)c1ccnc(N2CCN(S(C)(=O)=O)CC2)c1. The molecule has 1 unspecified atom stereocenters. The standard InChI is InChI=1S/C14H24N4O2S/c1-4-15-12(2)13-5-6-16-14(11-13)17-7-9-18(10-8-17)21(3,19)20/h5-6,11-12,15H,4,7-10H2,1-3H3. The Kier molecular flexibility index (Phi) is 5.18. The number of piperazine rings is 1. The molecule has 6 nitrogen and oxygen atoms in total. The Labute approximate surface area is 127 Å². The minimum Gasteiger partial charge on any atom is -0.354 e. The van der Waals surface area contributed by atoms with Crippen LogP contribution in [0, 0.1) is 0 Å². The van der Waals surface area contributed by atoms with E-state index in [4.69, 9.17) is 0 Å². The summed E-state index contributed by atoms with van der Waals surface area (Å²) in [6.45, 7) is 7.54. The smallest absolute Gasteiger partial charge is 0.211 e. The van der Waals surface area contributed by atoms with Crippen molar-refractivity contribution in [2.24, 2.45) is 0 Å². The molecule has 1 aliphatic heterocycles. The first kappa shape index (κ1) is 16.2. The normalized spacial score (nSPS) is 18.7. The molecule has 7 heteroatoms. The molecule has 2 rings (SSSR count). The lowest BCUT2D eigenvalue weighted by molar-refractivity contribution is 0.387. The predicted octanol–water partition coefficient (Wildman–Crippen LogP) is 0.834. The van der Waals surface area contributed by atoms with E-state index < -0.39 is 10.0 Å². The zero-order valence-electron chi connectivity index (χ0n) is 12.9. The lowest BCUT2D eigenvalue weighted by Crippen LogP contribution is -2.48. The van der Waals surface area contributed by atoms with E-state index >= 15 is 0 Å².